The molecule has 0 saturated heterocycles. The van der Waals surface area contributed by atoms with Gasteiger partial charge in [0, 0.05) is 0 Å². The Bertz CT molecular complexity index is 970. The van der Waals surface area contributed by atoms with Crippen LogP contribution in [0, 0.1) is 20.8 Å². The lowest BCUT2D eigenvalue weighted by Gasteiger charge is -2.30. The summed E-state index contributed by atoms with van der Waals surface area (Å²) in [7, 11) is -2.16. The largest absolute Gasteiger partial charge is 0.495 e. The highest BCUT2D eigenvalue weighted by Crippen LogP contribution is 2.28. The number of hydrogen-bond acceptors (Lipinski definition) is 4. The lowest BCUT2D eigenvalue weighted by Crippen LogP contribution is -2.47. The standard InChI is InChI=1S/C21H28N2O4S/c1-7-19(21(24)22-18-12-14(2)8-11-20(18)27-5)23(28(6,25)26)17-10-9-15(3)16(4)13-17/h8-13,19H,7H2,1-6H3,(H,22,24)/t19-/m1/s1. The van der Waals surface area contributed by atoms with Gasteiger partial charge in [-0.05, 0) is 68.1 Å². The highest BCUT2D eigenvalue weighted by atomic mass is 32.2. The summed E-state index contributed by atoms with van der Waals surface area (Å²) < 4.78 is 31.7. The van der Waals surface area contributed by atoms with Crippen LogP contribution in [0.2, 0.25) is 0 Å². The van der Waals surface area contributed by atoms with Crippen molar-refractivity contribution in [3.05, 3.63) is 53.1 Å². The number of amides is 1. The van der Waals surface area contributed by atoms with Crippen LogP contribution in [0.4, 0.5) is 11.4 Å². The fraction of sp³-hybridized carbons (Fsp3) is 0.381. The maximum absolute atomic E-state index is 13.1. The molecule has 0 aliphatic heterocycles. The number of methoxy groups -OCH3 is 1. The van der Waals surface area contributed by atoms with Gasteiger partial charge in [-0.25, -0.2) is 8.42 Å². The molecule has 28 heavy (non-hydrogen) atoms. The number of sulfonamides is 1. The Kier molecular flexibility index (Phi) is 6.72. The van der Waals surface area contributed by atoms with Crippen molar-refractivity contribution in [1.29, 1.82) is 0 Å². The van der Waals surface area contributed by atoms with E-state index in [0.29, 0.717) is 23.5 Å². The number of nitrogens with one attached hydrogen (secondary N) is 1. The van der Waals surface area contributed by atoms with Gasteiger partial charge in [-0.2, -0.15) is 0 Å². The van der Waals surface area contributed by atoms with Crippen LogP contribution in [-0.2, 0) is 14.8 Å². The number of carbonyl (C=O) groups excluding carboxylic acids is 1. The van der Waals surface area contributed by atoms with Gasteiger partial charge in [0.2, 0.25) is 15.9 Å². The molecule has 2 aromatic carbocycles. The van der Waals surface area contributed by atoms with E-state index >= 15 is 0 Å². The maximum atomic E-state index is 13.1. The van der Waals surface area contributed by atoms with Crippen molar-refractivity contribution >= 4 is 27.3 Å². The second-order valence-electron chi connectivity index (χ2n) is 6.94. The molecule has 0 heterocycles. The molecule has 0 spiro atoms. The molecule has 0 aromatic heterocycles. The van der Waals surface area contributed by atoms with E-state index in [4.69, 9.17) is 4.74 Å². The zero-order valence-electron chi connectivity index (χ0n) is 17.2. The Morgan fingerprint density at radius 1 is 1.11 bits per heavy atom. The third kappa shape index (κ3) is 4.84. The van der Waals surface area contributed by atoms with Crippen LogP contribution < -0.4 is 14.4 Å². The van der Waals surface area contributed by atoms with Gasteiger partial charge in [-0.1, -0.05) is 19.1 Å². The summed E-state index contributed by atoms with van der Waals surface area (Å²) in [5, 5.41) is 2.83. The molecule has 0 aliphatic rings. The number of hydrogen-bond donors (Lipinski definition) is 1. The van der Waals surface area contributed by atoms with E-state index in [-0.39, 0.29) is 0 Å². The Morgan fingerprint density at radius 3 is 2.32 bits per heavy atom. The summed E-state index contributed by atoms with van der Waals surface area (Å²) in [6, 6.07) is 9.93. The van der Waals surface area contributed by atoms with Crippen molar-refractivity contribution in [2.45, 2.75) is 40.2 Å². The molecule has 0 saturated carbocycles. The average Bonchev–Trinajstić information content (AvgIpc) is 2.61. The lowest BCUT2D eigenvalue weighted by atomic mass is 10.1. The van der Waals surface area contributed by atoms with E-state index in [0.717, 1.165) is 22.9 Å². The van der Waals surface area contributed by atoms with Crippen molar-refractivity contribution in [2.75, 3.05) is 23.0 Å². The molecule has 1 amide bonds. The van der Waals surface area contributed by atoms with Gasteiger partial charge >= 0.3 is 0 Å². The Morgan fingerprint density at radius 2 is 1.79 bits per heavy atom. The van der Waals surface area contributed by atoms with Crippen LogP contribution in [0.3, 0.4) is 0 Å². The number of rotatable bonds is 7. The molecule has 7 heteroatoms. The van der Waals surface area contributed by atoms with Crippen molar-refractivity contribution in [2.24, 2.45) is 0 Å². The Balaban J connectivity index is 2.45. The van der Waals surface area contributed by atoms with Crippen molar-refractivity contribution in [3.63, 3.8) is 0 Å². The number of nitrogens with zero attached hydrogens (tertiary/aromatic N) is 1. The molecular weight excluding hydrogens is 376 g/mol. The van der Waals surface area contributed by atoms with Gasteiger partial charge in [-0.3, -0.25) is 9.10 Å². The summed E-state index contributed by atoms with van der Waals surface area (Å²) >= 11 is 0. The van der Waals surface area contributed by atoms with Gasteiger partial charge in [0.25, 0.3) is 0 Å². The molecule has 0 aliphatic carbocycles. The second-order valence-corrected chi connectivity index (χ2v) is 8.80. The van der Waals surface area contributed by atoms with Gasteiger partial charge in [-0.15, -0.1) is 0 Å². The van der Waals surface area contributed by atoms with E-state index in [2.05, 4.69) is 5.32 Å². The number of carbonyl (C=O) groups is 1. The van der Waals surface area contributed by atoms with Crippen LogP contribution in [0.1, 0.15) is 30.0 Å². The minimum Gasteiger partial charge on any atom is -0.495 e. The summed E-state index contributed by atoms with van der Waals surface area (Å²) in [5.74, 6) is 0.112. The minimum absolute atomic E-state index is 0.319. The van der Waals surface area contributed by atoms with Crippen LogP contribution >= 0.6 is 0 Å². The van der Waals surface area contributed by atoms with Crippen LogP contribution in [-0.4, -0.2) is 33.7 Å². The Labute approximate surface area is 167 Å². The van der Waals surface area contributed by atoms with Gasteiger partial charge < -0.3 is 10.1 Å². The first-order valence-corrected chi connectivity index (χ1v) is 11.0. The molecule has 0 bridgehead atoms. The van der Waals surface area contributed by atoms with E-state index in [9.17, 15) is 13.2 Å². The molecule has 2 aromatic rings. The number of ether oxygens (including phenoxy) is 1. The highest BCUT2D eigenvalue weighted by Gasteiger charge is 2.32. The van der Waals surface area contributed by atoms with E-state index in [1.54, 1.807) is 31.2 Å². The molecule has 0 fully saturated rings. The first-order chi connectivity index (χ1) is 13.1. The third-order valence-electron chi connectivity index (χ3n) is 4.69. The summed E-state index contributed by atoms with van der Waals surface area (Å²) in [5.41, 5.74) is 3.96. The SMILES string of the molecule is CC[C@H](C(=O)Nc1cc(C)ccc1OC)N(c1ccc(C)c(C)c1)S(C)(=O)=O. The monoisotopic (exact) mass is 404 g/mol. The minimum atomic E-state index is -3.68. The second kappa shape index (κ2) is 8.65. The molecule has 6 nitrogen and oxygen atoms in total. The summed E-state index contributed by atoms with van der Waals surface area (Å²) in [6.45, 7) is 7.57. The molecule has 0 unspecified atom stereocenters. The highest BCUT2D eigenvalue weighted by molar-refractivity contribution is 7.92. The quantitative estimate of drug-likeness (QED) is 0.761. The van der Waals surface area contributed by atoms with E-state index in [1.807, 2.05) is 32.9 Å². The van der Waals surface area contributed by atoms with Crippen molar-refractivity contribution in [3.8, 4) is 5.75 Å². The summed E-state index contributed by atoms with van der Waals surface area (Å²) in [4.78, 5) is 13.1. The summed E-state index contributed by atoms with van der Waals surface area (Å²) in [6.07, 6.45) is 1.44. The van der Waals surface area contributed by atoms with Crippen molar-refractivity contribution < 1.29 is 17.9 Å². The van der Waals surface area contributed by atoms with Crippen LogP contribution in [0.25, 0.3) is 0 Å². The number of benzene rings is 2. The first-order valence-electron chi connectivity index (χ1n) is 9.10. The van der Waals surface area contributed by atoms with Crippen LogP contribution in [0.15, 0.2) is 36.4 Å². The predicted octanol–water partition coefficient (Wildman–Crippen LogP) is 3.80. The Hall–Kier alpha value is -2.54. The zero-order chi connectivity index (χ0) is 21.1. The van der Waals surface area contributed by atoms with E-state index in [1.165, 1.54) is 11.4 Å². The normalized spacial score (nSPS) is 12.4. The smallest absolute Gasteiger partial charge is 0.248 e. The first kappa shape index (κ1) is 21.8. The fourth-order valence-corrected chi connectivity index (χ4v) is 4.26. The van der Waals surface area contributed by atoms with Crippen LogP contribution in [0.5, 0.6) is 5.75 Å². The molecule has 0 radical (unpaired) electrons. The molecule has 2 rings (SSSR count). The van der Waals surface area contributed by atoms with Crippen molar-refractivity contribution in [1.82, 2.24) is 0 Å². The zero-order valence-corrected chi connectivity index (χ0v) is 18.1. The van der Waals surface area contributed by atoms with Gasteiger partial charge in [0.05, 0.1) is 24.7 Å². The van der Waals surface area contributed by atoms with Gasteiger partial charge in [0.1, 0.15) is 11.8 Å². The average molecular weight is 405 g/mol. The molecule has 1 atom stereocenters. The molecule has 152 valence electrons. The third-order valence-corrected chi connectivity index (χ3v) is 5.87. The maximum Gasteiger partial charge on any atom is 0.248 e. The topological polar surface area (TPSA) is 75.7 Å². The molecule has 1 N–H and O–H groups in total. The van der Waals surface area contributed by atoms with E-state index < -0.39 is 22.0 Å². The number of aryl methyl sites for hydroxylation is 3. The fourth-order valence-electron chi connectivity index (χ4n) is 3.06. The van der Waals surface area contributed by atoms with Gasteiger partial charge in [0.15, 0.2) is 0 Å². The lowest BCUT2D eigenvalue weighted by molar-refractivity contribution is -0.117. The molecular formula is C21H28N2O4S. The number of anilines is 2. The predicted molar refractivity (Wildman–Crippen MR) is 114 cm³/mol.